The number of pyridine rings is 1. The zero-order chi connectivity index (χ0) is 10.7. The molecule has 0 radical (unpaired) electrons. The van der Waals surface area contributed by atoms with Gasteiger partial charge in [0.2, 0.25) is 5.88 Å². The lowest BCUT2D eigenvalue weighted by Gasteiger charge is -2.03. The number of nitrogens with zero attached hydrogens (tertiary/aromatic N) is 1. The SMILES string of the molecule is Clc1ccc(Oc2ccc(Br)cn2)cc1. The predicted molar refractivity (Wildman–Crippen MR) is 63.5 cm³/mol. The third-order valence-corrected chi connectivity index (χ3v) is 2.46. The van der Waals surface area contributed by atoms with Crippen LogP contribution in [0.3, 0.4) is 0 Å². The van der Waals surface area contributed by atoms with Crippen LogP contribution in [0.5, 0.6) is 11.6 Å². The van der Waals surface area contributed by atoms with Gasteiger partial charge in [-0.05, 0) is 46.3 Å². The number of benzene rings is 1. The lowest BCUT2D eigenvalue weighted by atomic mass is 10.3. The fourth-order valence-electron chi connectivity index (χ4n) is 1.05. The van der Waals surface area contributed by atoms with Gasteiger partial charge in [0, 0.05) is 21.8 Å². The highest BCUT2D eigenvalue weighted by atomic mass is 79.9. The van der Waals surface area contributed by atoms with Crippen LogP contribution in [0, 0.1) is 0 Å². The Morgan fingerprint density at radius 1 is 1.07 bits per heavy atom. The van der Waals surface area contributed by atoms with E-state index in [1.54, 1.807) is 36.5 Å². The van der Waals surface area contributed by atoms with E-state index in [2.05, 4.69) is 20.9 Å². The summed E-state index contributed by atoms with van der Waals surface area (Å²) < 4.78 is 6.42. The van der Waals surface area contributed by atoms with Crippen LogP contribution in [0.1, 0.15) is 0 Å². The molecule has 2 aromatic rings. The molecule has 15 heavy (non-hydrogen) atoms. The third-order valence-electron chi connectivity index (χ3n) is 1.74. The monoisotopic (exact) mass is 283 g/mol. The second kappa shape index (κ2) is 4.64. The van der Waals surface area contributed by atoms with Gasteiger partial charge >= 0.3 is 0 Å². The van der Waals surface area contributed by atoms with Crippen molar-refractivity contribution in [1.29, 1.82) is 0 Å². The smallest absolute Gasteiger partial charge is 0.219 e. The van der Waals surface area contributed by atoms with Crippen molar-refractivity contribution >= 4 is 27.5 Å². The molecule has 0 amide bonds. The molecule has 0 saturated carbocycles. The Morgan fingerprint density at radius 2 is 1.80 bits per heavy atom. The van der Waals surface area contributed by atoms with Crippen molar-refractivity contribution in [3.05, 3.63) is 52.1 Å². The van der Waals surface area contributed by atoms with Crippen LogP contribution in [0.2, 0.25) is 5.02 Å². The number of hydrogen-bond donors (Lipinski definition) is 0. The Hall–Kier alpha value is -1.06. The number of aromatic nitrogens is 1. The lowest BCUT2D eigenvalue weighted by molar-refractivity contribution is 0.463. The highest BCUT2D eigenvalue weighted by Gasteiger charge is 1.97. The van der Waals surface area contributed by atoms with Gasteiger partial charge in [0.25, 0.3) is 0 Å². The molecule has 0 aliphatic carbocycles. The zero-order valence-electron chi connectivity index (χ0n) is 7.65. The highest BCUT2D eigenvalue weighted by molar-refractivity contribution is 9.10. The molecule has 0 unspecified atom stereocenters. The molecule has 0 fully saturated rings. The Bertz CT molecular complexity index is 398. The molecule has 2 rings (SSSR count). The average molecular weight is 285 g/mol. The third kappa shape index (κ3) is 2.94. The molecule has 76 valence electrons. The van der Waals surface area contributed by atoms with Gasteiger partial charge in [0.1, 0.15) is 5.75 Å². The lowest BCUT2D eigenvalue weighted by Crippen LogP contribution is -1.86. The number of ether oxygens (including phenoxy) is 1. The summed E-state index contributed by atoms with van der Waals surface area (Å²) in [5, 5.41) is 0.686. The minimum absolute atomic E-state index is 0.556. The van der Waals surface area contributed by atoms with Crippen molar-refractivity contribution in [2.75, 3.05) is 0 Å². The first-order valence-corrected chi connectivity index (χ1v) is 5.46. The fourth-order valence-corrected chi connectivity index (χ4v) is 1.41. The van der Waals surface area contributed by atoms with Crippen LogP contribution in [0.15, 0.2) is 47.1 Å². The first kappa shape index (κ1) is 10.5. The van der Waals surface area contributed by atoms with E-state index in [1.807, 2.05) is 6.07 Å². The van der Waals surface area contributed by atoms with Crippen LogP contribution < -0.4 is 4.74 Å². The van der Waals surface area contributed by atoms with E-state index in [4.69, 9.17) is 16.3 Å². The molecule has 0 bridgehead atoms. The Balaban J connectivity index is 2.15. The Labute approximate surface area is 101 Å². The maximum atomic E-state index is 5.76. The summed E-state index contributed by atoms with van der Waals surface area (Å²) in [5.74, 6) is 1.27. The second-order valence-corrected chi connectivity index (χ2v) is 4.22. The van der Waals surface area contributed by atoms with E-state index in [0.717, 1.165) is 4.47 Å². The van der Waals surface area contributed by atoms with Gasteiger partial charge in [-0.3, -0.25) is 0 Å². The number of rotatable bonds is 2. The summed E-state index contributed by atoms with van der Waals surface area (Å²) in [7, 11) is 0. The standard InChI is InChI=1S/C11H7BrClNO/c12-8-1-6-11(14-7-8)15-10-4-2-9(13)3-5-10/h1-7H. The molecule has 0 aliphatic rings. The maximum absolute atomic E-state index is 5.76. The van der Waals surface area contributed by atoms with Crippen molar-refractivity contribution in [2.24, 2.45) is 0 Å². The first-order chi connectivity index (χ1) is 7.24. The van der Waals surface area contributed by atoms with Gasteiger partial charge in [-0.15, -0.1) is 0 Å². The minimum atomic E-state index is 0.556. The molecule has 0 aliphatic heterocycles. The summed E-state index contributed by atoms with van der Waals surface area (Å²) in [6.45, 7) is 0. The van der Waals surface area contributed by atoms with Crippen molar-refractivity contribution in [1.82, 2.24) is 4.98 Å². The molecule has 1 heterocycles. The summed E-state index contributed by atoms with van der Waals surface area (Å²) in [6, 6.07) is 10.8. The zero-order valence-corrected chi connectivity index (χ0v) is 9.99. The molecular formula is C11H7BrClNO. The molecule has 1 aromatic carbocycles. The van der Waals surface area contributed by atoms with E-state index < -0.39 is 0 Å². The molecule has 4 heteroatoms. The van der Waals surface area contributed by atoms with Gasteiger partial charge in [0.15, 0.2) is 0 Å². The van der Waals surface area contributed by atoms with E-state index in [1.165, 1.54) is 0 Å². The summed E-state index contributed by atoms with van der Waals surface area (Å²) >= 11 is 9.06. The van der Waals surface area contributed by atoms with Crippen LogP contribution >= 0.6 is 27.5 Å². The largest absolute Gasteiger partial charge is 0.439 e. The first-order valence-electron chi connectivity index (χ1n) is 4.29. The molecule has 1 aromatic heterocycles. The van der Waals surface area contributed by atoms with E-state index in [0.29, 0.717) is 16.7 Å². The molecule has 2 nitrogen and oxygen atoms in total. The van der Waals surface area contributed by atoms with E-state index in [-0.39, 0.29) is 0 Å². The summed E-state index contributed by atoms with van der Waals surface area (Å²) in [4.78, 5) is 4.09. The summed E-state index contributed by atoms with van der Waals surface area (Å²) in [6.07, 6.45) is 1.69. The molecular weight excluding hydrogens is 277 g/mol. The molecule has 0 spiro atoms. The van der Waals surface area contributed by atoms with Gasteiger partial charge in [-0.25, -0.2) is 4.98 Å². The topological polar surface area (TPSA) is 22.1 Å². The number of halogens is 2. The van der Waals surface area contributed by atoms with Crippen LogP contribution in [-0.4, -0.2) is 4.98 Å². The van der Waals surface area contributed by atoms with E-state index >= 15 is 0 Å². The minimum Gasteiger partial charge on any atom is -0.439 e. The van der Waals surface area contributed by atoms with Crippen molar-refractivity contribution < 1.29 is 4.74 Å². The van der Waals surface area contributed by atoms with Crippen molar-refractivity contribution in [3.63, 3.8) is 0 Å². The van der Waals surface area contributed by atoms with Crippen molar-refractivity contribution in [2.45, 2.75) is 0 Å². The average Bonchev–Trinajstić information content (AvgIpc) is 2.25. The van der Waals surface area contributed by atoms with Gasteiger partial charge in [-0.1, -0.05) is 11.6 Å². The number of hydrogen-bond acceptors (Lipinski definition) is 2. The Kier molecular flexibility index (Phi) is 3.23. The second-order valence-electron chi connectivity index (χ2n) is 2.87. The van der Waals surface area contributed by atoms with Gasteiger partial charge in [-0.2, -0.15) is 0 Å². The molecule has 0 N–H and O–H groups in total. The van der Waals surface area contributed by atoms with Gasteiger partial charge in [0.05, 0.1) is 0 Å². The highest BCUT2D eigenvalue weighted by Crippen LogP contribution is 2.22. The Morgan fingerprint density at radius 3 is 2.40 bits per heavy atom. The van der Waals surface area contributed by atoms with Crippen molar-refractivity contribution in [3.8, 4) is 11.6 Å². The normalized spacial score (nSPS) is 10.0. The maximum Gasteiger partial charge on any atom is 0.219 e. The molecule has 0 saturated heterocycles. The van der Waals surface area contributed by atoms with Crippen LogP contribution in [0.4, 0.5) is 0 Å². The van der Waals surface area contributed by atoms with E-state index in [9.17, 15) is 0 Å². The summed E-state index contributed by atoms with van der Waals surface area (Å²) in [5.41, 5.74) is 0. The molecule has 0 atom stereocenters. The fraction of sp³-hybridized carbons (Fsp3) is 0. The van der Waals surface area contributed by atoms with Crippen LogP contribution in [-0.2, 0) is 0 Å². The van der Waals surface area contributed by atoms with Crippen LogP contribution in [0.25, 0.3) is 0 Å². The quantitative estimate of drug-likeness (QED) is 0.821. The predicted octanol–water partition coefficient (Wildman–Crippen LogP) is 4.29. The van der Waals surface area contributed by atoms with Gasteiger partial charge < -0.3 is 4.74 Å².